The molecule has 128 valence electrons. The van der Waals surface area contributed by atoms with Gasteiger partial charge in [0.2, 0.25) is 0 Å². The fraction of sp³-hybridized carbons (Fsp3) is 0.588. The van der Waals surface area contributed by atoms with Crippen molar-refractivity contribution in [3.8, 4) is 0 Å². The lowest BCUT2D eigenvalue weighted by atomic mass is 9.98. The maximum absolute atomic E-state index is 11.0. The van der Waals surface area contributed by atoms with E-state index in [1.54, 1.807) is 0 Å². The Morgan fingerprint density at radius 2 is 1.91 bits per heavy atom. The third-order valence-electron chi connectivity index (χ3n) is 4.17. The number of amides is 1. The van der Waals surface area contributed by atoms with Gasteiger partial charge in [0.1, 0.15) is 0 Å². The van der Waals surface area contributed by atoms with E-state index >= 15 is 0 Å². The van der Waals surface area contributed by atoms with E-state index in [1.165, 1.54) is 19.3 Å². The predicted molar refractivity (Wildman–Crippen MR) is 87.1 cm³/mol. The minimum atomic E-state index is -1.14. The molecule has 1 aliphatic carbocycles. The Hall–Kier alpha value is -1.63. The quantitative estimate of drug-likeness (QED) is 0.550. The standard InChI is InChI=1S/C17H26N2O4/c20-16(12-18-23-14-9-5-2-6-10-14)15(19-17(21)22)11-13-7-3-1-4-8-13/h1,3-4,7-8,14-16,18-20H,2,5-6,9-12H2,(H,21,22)/t15?,16-/m1/s1. The summed E-state index contributed by atoms with van der Waals surface area (Å²) in [7, 11) is 0. The van der Waals surface area contributed by atoms with E-state index < -0.39 is 18.2 Å². The molecule has 0 spiro atoms. The minimum Gasteiger partial charge on any atom is -0.465 e. The molecular formula is C17H26N2O4. The topological polar surface area (TPSA) is 90.8 Å². The van der Waals surface area contributed by atoms with Crippen molar-refractivity contribution in [1.82, 2.24) is 10.8 Å². The molecule has 0 saturated heterocycles. The Labute approximate surface area is 136 Å². The molecule has 2 atom stereocenters. The van der Waals surface area contributed by atoms with Crippen molar-refractivity contribution in [3.05, 3.63) is 35.9 Å². The molecule has 4 N–H and O–H groups in total. The molecule has 0 heterocycles. The van der Waals surface area contributed by atoms with E-state index in [9.17, 15) is 9.90 Å². The van der Waals surface area contributed by atoms with Crippen LogP contribution < -0.4 is 10.8 Å². The average Bonchev–Trinajstić information content (AvgIpc) is 2.56. The van der Waals surface area contributed by atoms with E-state index in [2.05, 4.69) is 10.8 Å². The molecule has 1 aromatic carbocycles. The maximum atomic E-state index is 11.0. The van der Waals surface area contributed by atoms with Crippen molar-refractivity contribution in [2.75, 3.05) is 6.54 Å². The van der Waals surface area contributed by atoms with Crippen molar-refractivity contribution < 1.29 is 19.8 Å². The van der Waals surface area contributed by atoms with Crippen LogP contribution in [0, 0.1) is 0 Å². The van der Waals surface area contributed by atoms with Crippen LogP contribution in [0.15, 0.2) is 30.3 Å². The first-order valence-corrected chi connectivity index (χ1v) is 8.25. The second kappa shape index (κ2) is 9.50. The van der Waals surface area contributed by atoms with E-state index in [4.69, 9.17) is 9.94 Å². The summed E-state index contributed by atoms with van der Waals surface area (Å²) >= 11 is 0. The molecule has 1 unspecified atom stereocenters. The van der Waals surface area contributed by atoms with Crippen LogP contribution in [0.25, 0.3) is 0 Å². The molecule has 2 rings (SSSR count). The zero-order valence-electron chi connectivity index (χ0n) is 13.3. The highest BCUT2D eigenvalue weighted by Gasteiger charge is 2.22. The van der Waals surface area contributed by atoms with Crippen LogP contribution in [0.2, 0.25) is 0 Å². The van der Waals surface area contributed by atoms with Crippen molar-refractivity contribution in [2.24, 2.45) is 0 Å². The number of benzene rings is 1. The summed E-state index contributed by atoms with van der Waals surface area (Å²) in [5.41, 5.74) is 3.78. The summed E-state index contributed by atoms with van der Waals surface area (Å²) in [6.45, 7) is 0.189. The van der Waals surface area contributed by atoms with Crippen LogP contribution in [0.1, 0.15) is 37.7 Å². The lowest BCUT2D eigenvalue weighted by Crippen LogP contribution is -2.48. The lowest BCUT2D eigenvalue weighted by molar-refractivity contribution is -0.0581. The molecule has 6 nitrogen and oxygen atoms in total. The molecule has 23 heavy (non-hydrogen) atoms. The first-order valence-electron chi connectivity index (χ1n) is 8.25. The van der Waals surface area contributed by atoms with Crippen LogP contribution in [0.3, 0.4) is 0 Å². The van der Waals surface area contributed by atoms with Gasteiger partial charge in [-0.05, 0) is 24.8 Å². The number of aliphatic hydroxyl groups is 1. The Kier molecular flexibility index (Phi) is 7.32. The number of nitrogens with one attached hydrogen (secondary N) is 2. The maximum Gasteiger partial charge on any atom is 0.404 e. The highest BCUT2D eigenvalue weighted by Crippen LogP contribution is 2.19. The van der Waals surface area contributed by atoms with Gasteiger partial charge in [0.15, 0.2) is 0 Å². The molecule has 1 fully saturated rings. The van der Waals surface area contributed by atoms with Gasteiger partial charge in [-0.15, -0.1) is 0 Å². The molecule has 1 saturated carbocycles. The monoisotopic (exact) mass is 322 g/mol. The number of hydroxylamine groups is 1. The van der Waals surface area contributed by atoms with Gasteiger partial charge in [0, 0.05) is 6.54 Å². The largest absolute Gasteiger partial charge is 0.465 e. The lowest BCUT2D eigenvalue weighted by Gasteiger charge is -2.26. The van der Waals surface area contributed by atoms with Crippen LogP contribution in [0.4, 0.5) is 4.79 Å². The SMILES string of the molecule is O=C(O)NC(Cc1ccccc1)[C@H](O)CNOC1CCCCC1. The summed E-state index contributed by atoms with van der Waals surface area (Å²) < 4.78 is 0. The van der Waals surface area contributed by atoms with Gasteiger partial charge in [-0.25, -0.2) is 4.79 Å². The smallest absolute Gasteiger partial charge is 0.404 e. The van der Waals surface area contributed by atoms with Gasteiger partial charge in [-0.2, -0.15) is 5.48 Å². The van der Waals surface area contributed by atoms with Crippen molar-refractivity contribution in [2.45, 2.75) is 56.8 Å². The third-order valence-corrected chi connectivity index (χ3v) is 4.17. The fourth-order valence-corrected chi connectivity index (χ4v) is 2.89. The van der Waals surface area contributed by atoms with E-state index in [0.29, 0.717) is 6.42 Å². The van der Waals surface area contributed by atoms with E-state index in [1.807, 2.05) is 30.3 Å². The molecule has 6 heteroatoms. The Morgan fingerprint density at radius 3 is 2.57 bits per heavy atom. The zero-order chi connectivity index (χ0) is 16.5. The predicted octanol–water partition coefficient (Wildman–Crippen LogP) is 2.08. The molecule has 1 aromatic rings. The number of carboxylic acid groups (broad SMARTS) is 1. The highest BCUT2D eigenvalue weighted by molar-refractivity contribution is 5.65. The molecule has 0 aliphatic heterocycles. The normalized spacial score (nSPS) is 18.3. The van der Waals surface area contributed by atoms with Gasteiger partial charge < -0.3 is 15.5 Å². The molecular weight excluding hydrogens is 296 g/mol. The Bertz CT molecular complexity index is 463. The van der Waals surface area contributed by atoms with Crippen LogP contribution >= 0.6 is 0 Å². The molecule has 0 radical (unpaired) electrons. The molecule has 1 aliphatic rings. The number of carbonyl (C=O) groups is 1. The number of hydrogen-bond donors (Lipinski definition) is 4. The fourth-order valence-electron chi connectivity index (χ4n) is 2.89. The molecule has 0 bridgehead atoms. The van der Waals surface area contributed by atoms with E-state index in [0.717, 1.165) is 18.4 Å². The summed E-state index contributed by atoms with van der Waals surface area (Å²) in [4.78, 5) is 16.5. The number of rotatable bonds is 8. The van der Waals surface area contributed by atoms with Gasteiger partial charge in [0.25, 0.3) is 0 Å². The average molecular weight is 322 g/mol. The number of aliphatic hydroxyl groups excluding tert-OH is 1. The highest BCUT2D eigenvalue weighted by atomic mass is 16.7. The summed E-state index contributed by atoms with van der Waals surface area (Å²) in [6, 6.07) is 8.93. The first-order chi connectivity index (χ1) is 11.1. The molecule has 1 amide bonds. The summed E-state index contributed by atoms with van der Waals surface area (Å²) in [6.07, 6.45) is 4.28. The van der Waals surface area contributed by atoms with Crippen molar-refractivity contribution in [1.29, 1.82) is 0 Å². The Morgan fingerprint density at radius 1 is 1.22 bits per heavy atom. The van der Waals surface area contributed by atoms with Gasteiger partial charge in [-0.3, -0.25) is 4.84 Å². The molecule has 0 aromatic heterocycles. The summed E-state index contributed by atoms with van der Waals surface area (Å²) in [5, 5.41) is 21.6. The van der Waals surface area contributed by atoms with Crippen LogP contribution in [-0.2, 0) is 11.3 Å². The Balaban J connectivity index is 1.80. The van der Waals surface area contributed by atoms with Crippen LogP contribution in [0.5, 0.6) is 0 Å². The van der Waals surface area contributed by atoms with Crippen molar-refractivity contribution in [3.63, 3.8) is 0 Å². The third kappa shape index (κ3) is 6.56. The first kappa shape index (κ1) is 17.7. The van der Waals surface area contributed by atoms with Gasteiger partial charge in [0.05, 0.1) is 18.2 Å². The second-order valence-corrected chi connectivity index (χ2v) is 6.04. The van der Waals surface area contributed by atoms with Gasteiger partial charge in [-0.1, -0.05) is 49.6 Å². The zero-order valence-corrected chi connectivity index (χ0v) is 13.3. The summed E-state index contributed by atoms with van der Waals surface area (Å²) in [5.74, 6) is 0. The van der Waals surface area contributed by atoms with Crippen LogP contribution in [-0.4, -0.2) is 41.1 Å². The minimum absolute atomic E-state index is 0.189. The number of hydrogen-bond acceptors (Lipinski definition) is 4. The van der Waals surface area contributed by atoms with E-state index in [-0.39, 0.29) is 12.6 Å². The van der Waals surface area contributed by atoms with Crippen molar-refractivity contribution >= 4 is 6.09 Å². The second-order valence-electron chi connectivity index (χ2n) is 6.04. The van der Waals surface area contributed by atoms with Gasteiger partial charge >= 0.3 is 6.09 Å².